The molecule has 176 valence electrons. The second-order valence-electron chi connectivity index (χ2n) is 8.75. The molecule has 2 aromatic carbocycles. The molecule has 7 nitrogen and oxygen atoms in total. The number of halogens is 1. The number of aliphatic imine (C=N–C) groups is 1. The fourth-order valence-corrected chi connectivity index (χ4v) is 5.35. The van der Waals surface area contributed by atoms with E-state index in [1.807, 2.05) is 30.3 Å². The molecule has 0 saturated heterocycles. The standard InChI is InChI=1S/C27H24BrN5O2/c1-2-17-14-24(20-9-5-6-10-22(20)29-17)34-15-16-11-12-23-21(13-16)25(28)26(35-23)18-7-3-4-8-19(18)27-30-32-33-31-27/h3-4,7-9,11-14,22H,2,5-6,10,15H2,1H3,(H,30,31,32,33). The van der Waals surface area contributed by atoms with Crippen molar-refractivity contribution in [1.29, 1.82) is 0 Å². The number of nitrogens with zero attached hydrogens (tertiary/aromatic N) is 4. The van der Waals surface area contributed by atoms with Crippen LogP contribution in [0.3, 0.4) is 0 Å². The quantitative estimate of drug-likeness (QED) is 0.297. The summed E-state index contributed by atoms with van der Waals surface area (Å²) in [7, 11) is 0. The Labute approximate surface area is 211 Å². The van der Waals surface area contributed by atoms with Crippen LogP contribution in [0.15, 0.2) is 79.8 Å². The molecule has 3 heterocycles. The Hall–Kier alpha value is -3.52. The van der Waals surface area contributed by atoms with Crippen molar-refractivity contribution >= 4 is 32.6 Å². The van der Waals surface area contributed by atoms with Gasteiger partial charge in [-0.2, -0.15) is 0 Å². The number of tetrazole rings is 1. The maximum atomic E-state index is 6.36. The third kappa shape index (κ3) is 4.12. The summed E-state index contributed by atoms with van der Waals surface area (Å²) in [4.78, 5) is 4.90. The van der Waals surface area contributed by atoms with E-state index in [-0.39, 0.29) is 6.04 Å². The van der Waals surface area contributed by atoms with Gasteiger partial charge in [0, 0.05) is 33.9 Å². The predicted molar refractivity (Wildman–Crippen MR) is 139 cm³/mol. The Bertz CT molecular complexity index is 1480. The van der Waals surface area contributed by atoms with E-state index in [2.05, 4.69) is 67.8 Å². The topological polar surface area (TPSA) is 89.2 Å². The van der Waals surface area contributed by atoms with E-state index in [9.17, 15) is 0 Å². The van der Waals surface area contributed by atoms with Gasteiger partial charge in [-0.1, -0.05) is 43.3 Å². The maximum absolute atomic E-state index is 6.36. The Morgan fingerprint density at radius 2 is 2.06 bits per heavy atom. The number of fused-ring (bicyclic) bond motifs is 2. The van der Waals surface area contributed by atoms with Crippen molar-refractivity contribution in [3.05, 3.63) is 76.0 Å². The van der Waals surface area contributed by atoms with Crippen LogP contribution in [0.4, 0.5) is 0 Å². The van der Waals surface area contributed by atoms with Crippen molar-refractivity contribution < 1.29 is 9.15 Å². The van der Waals surface area contributed by atoms with Gasteiger partial charge in [0.2, 0.25) is 0 Å². The Balaban J connectivity index is 1.30. The van der Waals surface area contributed by atoms with E-state index in [0.717, 1.165) is 68.6 Å². The van der Waals surface area contributed by atoms with Crippen LogP contribution in [0.1, 0.15) is 38.2 Å². The number of furan rings is 1. The molecule has 0 saturated carbocycles. The maximum Gasteiger partial charge on any atom is 0.180 e. The van der Waals surface area contributed by atoms with E-state index < -0.39 is 0 Å². The normalized spacial score (nSPS) is 17.5. The number of hydrogen-bond acceptors (Lipinski definition) is 6. The number of rotatable bonds is 6. The number of dihydropyridines is 1. The van der Waals surface area contributed by atoms with Crippen molar-refractivity contribution in [1.82, 2.24) is 20.6 Å². The number of allylic oxidation sites excluding steroid dienone is 2. The lowest BCUT2D eigenvalue weighted by Crippen LogP contribution is -2.21. The van der Waals surface area contributed by atoms with Gasteiger partial charge in [0.15, 0.2) is 5.82 Å². The monoisotopic (exact) mass is 529 g/mol. The van der Waals surface area contributed by atoms with E-state index in [1.165, 1.54) is 12.0 Å². The SMILES string of the molecule is CCC1=NC2CCCC=C2C(OCc2ccc3oc(-c4ccccc4-c4nnn[nH]4)c(Br)c3c2)=C1. The lowest BCUT2D eigenvalue weighted by Gasteiger charge is -2.27. The summed E-state index contributed by atoms with van der Waals surface area (Å²) in [5.41, 5.74) is 6.00. The van der Waals surface area contributed by atoms with Crippen LogP contribution >= 0.6 is 15.9 Å². The Kier molecular flexibility index (Phi) is 5.82. The first kappa shape index (κ1) is 22.0. The molecule has 1 aliphatic carbocycles. The summed E-state index contributed by atoms with van der Waals surface area (Å²) >= 11 is 3.78. The molecule has 0 radical (unpaired) electrons. The average Bonchev–Trinajstić information content (AvgIpc) is 3.55. The van der Waals surface area contributed by atoms with E-state index in [4.69, 9.17) is 14.1 Å². The minimum absolute atomic E-state index is 0.242. The molecule has 1 unspecified atom stereocenters. The zero-order chi connectivity index (χ0) is 23.8. The summed E-state index contributed by atoms with van der Waals surface area (Å²) in [6.45, 7) is 2.62. The zero-order valence-corrected chi connectivity index (χ0v) is 20.9. The molecule has 8 heteroatoms. The first-order valence-electron chi connectivity index (χ1n) is 11.9. The molecule has 2 aromatic heterocycles. The van der Waals surface area contributed by atoms with Gasteiger partial charge < -0.3 is 9.15 Å². The fraction of sp³-hybridized carbons (Fsp3) is 0.259. The number of ether oxygens (including phenoxy) is 1. The van der Waals surface area contributed by atoms with Crippen LogP contribution in [0.5, 0.6) is 0 Å². The fourth-order valence-electron chi connectivity index (χ4n) is 4.75. The first-order valence-corrected chi connectivity index (χ1v) is 12.7. The predicted octanol–water partition coefficient (Wildman–Crippen LogP) is 6.79. The zero-order valence-electron chi connectivity index (χ0n) is 19.3. The van der Waals surface area contributed by atoms with Gasteiger partial charge in [-0.25, -0.2) is 5.10 Å². The minimum Gasteiger partial charge on any atom is -0.488 e. The molecule has 35 heavy (non-hydrogen) atoms. The van der Waals surface area contributed by atoms with Crippen molar-refractivity contribution in [2.24, 2.45) is 4.99 Å². The highest BCUT2D eigenvalue weighted by Gasteiger charge is 2.25. The summed E-state index contributed by atoms with van der Waals surface area (Å²) < 4.78 is 13.5. The lowest BCUT2D eigenvalue weighted by molar-refractivity contribution is 0.202. The molecule has 1 atom stereocenters. The molecule has 1 N–H and O–H groups in total. The molecular weight excluding hydrogens is 506 g/mol. The largest absolute Gasteiger partial charge is 0.488 e. The smallest absolute Gasteiger partial charge is 0.180 e. The Morgan fingerprint density at radius 1 is 1.17 bits per heavy atom. The average molecular weight is 530 g/mol. The lowest BCUT2D eigenvalue weighted by atomic mass is 9.90. The summed E-state index contributed by atoms with van der Waals surface area (Å²) in [6.07, 6.45) is 8.68. The van der Waals surface area contributed by atoms with E-state index >= 15 is 0 Å². The molecule has 1 aliphatic heterocycles. The summed E-state index contributed by atoms with van der Waals surface area (Å²) in [6, 6.07) is 14.3. The van der Waals surface area contributed by atoms with Gasteiger partial charge >= 0.3 is 0 Å². The van der Waals surface area contributed by atoms with Gasteiger partial charge in [0.05, 0.1) is 10.5 Å². The minimum atomic E-state index is 0.242. The van der Waals surface area contributed by atoms with Crippen LogP contribution in [0.25, 0.3) is 33.7 Å². The van der Waals surface area contributed by atoms with Crippen LogP contribution in [-0.4, -0.2) is 32.4 Å². The van der Waals surface area contributed by atoms with Crippen molar-refractivity contribution in [2.75, 3.05) is 0 Å². The molecule has 2 aliphatic rings. The second kappa shape index (κ2) is 9.26. The van der Waals surface area contributed by atoms with Crippen molar-refractivity contribution in [3.8, 4) is 22.7 Å². The highest BCUT2D eigenvalue weighted by atomic mass is 79.9. The summed E-state index contributed by atoms with van der Waals surface area (Å²) in [5, 5.41) is 15.3. The number of aromatic amines is 1. The van der Waals surface area contributed by atoms with Crippen LogP contribution in [0, 0.1) is 0 Å². The highest BCUT2D eigenvalue weighted by Crippen LogP contribution is 2.41. The summed E-state index contributed by atoms with van der Waals surface area (Å²) in [5.74, 6) is 2.29. The molecule has 0 amide bonds. The van der Waals surface area contributed by atoms with E-state index in [1.54, 1.807) is 0 Å². The molecule has 0 fully saturated rings. The molecule has 0 spiro atoms. The number of nitrogens with one attached hydrogen (secondary N) is 1. The van der Waals surface area contributed by atoms with Gasteiger partial charge in [-0.3, -0.25) is 4.99 Å². The van der Waals surface area contributed by atoms with Gasteiger partial charge in [0.25, 0.3) is 0 Å². The van der Waals surface area contributed by atoms with Crippen LogP contribution in [-0.2, 0) is 11.3 Å². The van der Waals surface area contributed by atoms with Crippen molar-refractivity contribution in [3.63, 3.8) is 0 Å². The number of aromatic nitrogens is 4. The van der Waals surface area contributed by atoms with Crippen LogP contribution in [0.2, 0.25) is 0 Å². The number of benzene rings is 2. The van der Waals surface area contributed by atoms with Crippen LogP contribution < -0.4 is 0 Å². The Morgan fingerprint density at radius 3 is 2.89 bits per heavy atom. The second-order valence-corrected chi connectivity index (χ2v) is 9.54. The third-order valence-corrected chi connectivity index (χ3v) is 7.32. The number of H-pyrrole nitrogens is 1. The van der Waals surface area contributed by atoms with E-state index in [0.29, 0.717) is 12.4 Å². The first-order chi connectivity index (χ1) is 17.2. The van der Waals surface area contributed by atoms with Gasteiger partial charge in [-0.15, -0.1) is 5.10 Å². The molecule has 0 bridgehead atoms. The van der Waals surface area contributed by atoms with Gasteiger partial charge in [-0.05, 0) is 69.7 Å². The highest BCUT2D eigenvalue weighted by molar-refractivity contribution is 9.10. The third-order valence-electron chi connectivity index (χ3n) is 6.53. The molecule has 6 rings (SSSR count). The molecule has 4 aromatic rings. The van der Waals surface area contributed by atoms with Crippen molar-refractivity contribution in [2.45, 2.75) is 45.3 Å². The molecular formula is C27H24BrN5O2. The number of hydrogen-bond donors (Lipinski definition) is 1. The van der Waals surface area contributed by atoms with Gasteiger partial charge in [0.1, 0.15) is 23.7 Å².